The number of rotatable bonds is 9. The maximum Gasteiger partial charge on any atom is 0.260 e. The van der Waals surface area contributed by atoms with Crippen molar-refractivity contribution in [3.05, 3.63) is 109 Å². The molecule has 1 saturated heterocycles. The minimum absolute atomic E-state index is 0.109. The summed E-state index contributed by atoms with van der Waals surface area (Å²) in [5.41, 5.74) is 4.68. The van der Waals surface area contributed by atoms with Crippen molar-refractivity contribution in [2.45, 2.75) is 31.9 Å². The number of benzene rings is 3. The lowest BCUT2D eigenvalue weighted by Gasteiger charge is -2.15. The van der Waals surface area contributed by atoms with Crippen LogP contribution in [-0.4, -0.2) is 11.4 Å². The van der Waals surface area contributed by atoms with Crippen molar-refractivity contribution < 1.29 is 9.53 Å². The Bertz CT molecular complexity index is 1310. The van der Waals surface area contributed by atoms with Gasteiger partial charge in [0.15, 0.2) is 5.50 Å². The molecule has 1 atom stereocenters. The van der Waals surface area contributed by atoms with Gasteiger partial charge in [0, 0.05) is 21.3 Å². The number of nitrogens with one attached hydrogen (secondary N) is 2. The molecule has 1 aliphatic heterocycles. The van der Waals surface area contributed by atoms with E-state index in [2.05, 4.69) is 52.2 Å². The molecule has 1 amide bonds. The van der Waals surface area contributed by atoms with Crippen LogP contribution in [0.25, 0.3) is 6.08 Å². The second-order valence-corrected chi connectivity index (χ2v) is 11.0. The number of amides is 1. The molecule has 0 saturated carbocycles. The Morgan fingerprint density at radius 3 is 2.61 bits per heavy atom. The molecular formula is C28H25BrCl2N2O2S. The zero-order valence-electron chi connectivity index (χ0n) is 19.6. The van der Waals surface area contributed by atoms with Gasteiger partial charge < -0.3 is 15.4 Å². The fourth-order valence-corrected chi connectivity index (χ4v) is 5.80. The van der Waals surface area contributed by atoms with E-state index in [4.69, 9.17) is 27.9 Å². The van der Waals surface area contributed by atoms with Gasteiger partial charge in [-0.2, -0.15) is 0 Å². The van der Waals surface area contributed by atoms with Crippen LogP contribution in [0.3, 0.4) is 0 Å². The molecule has 3 aromatic carbocycles. The second-order valence-electron chi connectivity index (χ2n) is 8.18. The van der Waals surface area contributed by atoms with Crippen molar-refractivity contribution >= 4 is 68.6 Å². The zero-order valence-corrected chi connectivity index (χ0v) is 23.5. The summed E-state index contributed by atoms with van der Waals surface area (Å²) < 4.78 is 6.92. The molecule has 3 aromatic rings. The quantitative estimate of drug-likeness (QED) is 0.191. The number of halogens is 3. The van der Waals surface area contributed by atoms with Crippen LogP contribution in [0.2, 0.25) is 10.0 Å². The summed E-state index contributed by atoms with van der Waals surface area (Å²) in [6, 6.07) is 17.5. The number of carbonyl (C=O) groups excluding carboxylic acids is 1. The van der Waals surface area contributed by atoms with Crippen molar-refractivity contribution in [3.8, 4) is 5.75 Å². The number of allylic oxidation sites excluding steroid dienone is 1. The molecule has 4 rings (SSSR count). The van der Waals surface area contributed by atoms with E-state index >= 15 is 0 Å². The Morgan fingerprint density at radius 2 is 1.92 bits per heavy atom. The van der Waals surface area contributed by atoms with Gasteiger partial charge >= 0.3 is 0 Å². The Kier molecular flexibility index (Phi) is 9.07. The van der Waals surface area contributed by atoms with Gasteiger partial charge in [0.2, 0.25) is 0 Å². The van der Waals surface area contributed by atoms with E-state index in [1.165, 1.54) is 17.3 Å². The van der Waals surface area contributed by atoms with Crippen molar-refractivity contribution in [3.63, 3.8) is 0 Å². The number of ether oxygens (including phenoxy) is 1. The number of hydrogen-bond donors (Lipinski definition) is 2. The molecule has 0 unspecified atom stereocenters. The van der Waals surface area contributed by atoms with Gasteiger partial charge in [-0.1, -0.05) is 66.2 Å². The number of thioether (sulfide) groups is 1. The smallest absolute Gasteiger partial charge is 0.260 e. The first kappa shape index (κ1) is 26.7. The van der Waals surface area contributed by atoms with Crippen molar-refractivity contribution in [2.75, 3.05) is 5.32 Å². The largest absolute Gasteiger partial charge is 0.487 e. The highest BCUT2D eigenvalue weighted by molar-refractivity contribution is 9.10. The number of hydrogen-bond acceptors (Lipinski definition) is 4. The molecule has 0 aliphatic carbocycles. The number of aryl methyl sites for hydroxylation is 1. The molecular weight excluding hydrogens is 579 g/mol. The minimum atomic E-state index is -0.237. The molecule has 2 N–H and O–H groups in total. The van der Waals surface area contributed by atoms with Crippen LogP contribution < -0.4 is 15.4 Å². The summed E-state index contributed by atoms with van der Waals surface area (Å²) in [7, 11) is 0. The molecule has 0 aromatic heterocycles. The average Bonchev–Trinajstić information content (AvgIpc) is 3.18. The average molecular weight is 604 g/mol. The van der Waals surface area contributed by atoms with Crippen molar-refractivity contribution in [1.29, 1.82) is 0 Å². The Labute approximate surface area is 234 Å². The lowest BCUT2D eigenvalue weighted by molar-refractivity contribution is -0.116. The SMILES string of the molecule is C=CCc1cc(/C=C2\S[C@H](Nc3ccc(CC)cc3)NC2=O)cc(Br)c1OCc1ccc(Cl)cc1Cl. The molecule has 0 spiro atoms. The fourth-order valence-electron chi connectivity index (χ4n) is 3.72. The van der Waals surface area contributed by atoms with Crippen LogP contribution in [0.4, 0.5) is 5.69 Å². The highest BCUT2D eigenvalue weighted by Crippen LogP contribution is 2.36. The third kappa shape index (κ3) is 6.68. The molecule has 186 valence electrons. The van der Waals surface area contributed by atoms with Crippen LogP contribution in [0, 0.1) is 0 Å². The molecule has 1 fully saturated rings. The van der Waals surface area contributed by atoms with E-state index in [-0.39, 0.29) is 11.4 Å². The first-order chi connectivity index (χ1) is 17.4. The van der Waals surface area contributed by atoms with E-state index in [0.29, 0.717) is 33.7 Å². The van der Waals surface area contributed by atoms with Crippen LogP contribution in [0.5, 0.6) is 5.75 Å². The molecule has 0 radical (unpaired) electrons. The lowest BCUT2D eigenvalue weighted by Crippen LogP contribution is -2.30. The molecule has 1 aliphatic rings. The third-order valence-electron chi connectivity index (χ3n) is 5.58. The molecule has 4 nitrogen and oxygen atoms in total. The van der Waals surface area contributed by atoms with Gasteiger partial charge in [-0.3, -0.25) is 4.79 Å². The lowest BCUT2D eigenvalue weighted by atomic mass is 10.1. The Balaban J connectivity index is 1.50. The van der Waals surface area contributed by atoms with E-state index in [0.717, 1.165) is 33.3 Å². The van der Waals surface area contributed by atoms with Gasteiger partial charge in [-0.05, 0) is 87.9 Å². The Hall–Kier alpha value is -2.38. The fraction of sp³-hybridized carbons (Fsp3) is 0.179. The highest BCUT2D eigenvalue weighted by Gasteiger charge is 2.27. The summed E-state index contributed by atoms with van der Waals surface area (Å²) in [6.45, 7) is 6.30. The normalized spacial score (nSPS) is 16.2. The van der Waals surface area contributed by atoms with Crippen LogP contribution >= 0.6 is 50.9 Å². The topological polar surface area (TPSA) is 50.4 Å². The van der Waals surface area contributed by atoms with Gasteiger partial charge in [0.05, 0.1) is 9.38 Å². The molecule has 8 heteroatoms. The maximum atomic E-state index is 12.6. The van der Waals surface area contributed by atoms with E-state index < -0.39 is 0 Å². The van der Waals surface area contributed by atoms with Crippen LogP contribution in [-0.2, 0) is 24.2 Å². The summed E-state index contributed by atoms with van der Waals surface area (Å²) >= 11 is 17.4. The second kappa shape index (κ2) is 12.2. The van der Waals surface area contributed by atoms with Crippen LogP contribution in [0.1, 0.15) is 29.2 Å². The predicted molar refractivity (Wildman–Crippen MR) is 156 cm³/mol. The standard InChI is InChI=1S/C28H25BrCl2N2O2S/c1-3-5-19-12-18(13-23(29)26(19)35-16-20-8-9-21(30)15-24(20)31)14-25-27(34)33-28(36-25)32-22-10-6-17(4-2)7-11-22/h3,6-15,28,32H,1,4-5,16H2,2H3,(H,33,34)/b25-14-/t28-/m1/s1. The van der Waals surface area contributed by atoms with E-state index in [1.807, 2.05) is 42.5 Å². The Morgan fingerprint density at radius 1 is 1.14 bits per heavy atom. The first-order valence-corrected chi connectivity index (χ1v) is 13.8. The number of carbonyl (C=O) groups is 1. The van der Waals surface area contributed by atoms with Crippen molar-refractivity contribution in [1.82, 2.24) is 5.32 Å². The van der Waals surface area contributed by atoms with E-state index in [1.54, 1.807) is 12.1 Å². The van der Waals surface area contributed by atoms with Crippen LogP contribution in [0.15, 0.2) is 76.6 Å². The monoisotopic (exact) mass is 602 g/mol. The minimum Gasteiger partial charge on any atom is -0.487 e. The first-order valence-electron chi connectivity index (χ1n) is 11.4. The summed E-state index contributed by atoms with van der Waals surface area (Å²) in [5.74, 6) is 0.600. The van der Waals surface area contributed by atoms with Gasteiger partial charge in [-0.25, -0.2) is 0 Å². The summed E-state index contributed by atoms with van der Waals surface area (Å²) in [5, 5.41) is 7.48. The molecule has 0 bridgehead atoms. The zero-order chi connectivity index (χ0) is 25.7. The maximum absolute atomic E-state index is 12.6. The molecule has 1 heterocycles. The number of anilines is 1. The van der Waals surface area contributed by atoms with Crippen molar-refractivity contribution in [2.24, 2.45) is 0 Å². The third-order valence-corrected chi connectivity index (χ3v) is 7.79. The van der Waals surface area contributed by atoms with Gasteiger partial charge in [-0.15, -0.1) is 6.58 Å². The summed E-state index contributed by atoms with van der Waals surface area (Å²) in [6.07, 6.45) is 5.31. The van der Waals surface area contributed by atoms with Gasteiger partial charge in [0.25, 0.3) is 5.91 Å². The van der Waals surface area contributed by atoms with Gasteiger partial charge in [0.1, 0.15) is 12.4 Å². The predicted octanol–water partition coefficient (Wildman–Crippen LogP) is 8.23. The highest BCUT2D eigenvalue weighted by atomic mass is 79.9. The summed E-state index contributed by atoms with van der Waals surface area (Å²) in [4.78, 5) is 13.3. The van der Waals surface area contributed by atoms with E-state index in [9.17, 15) is 4.79 Å². The molecule has 36 heavy (non-hydrogen) atoms.